The van der Waals surface area contributed by atoms with Gasteiger partial charge in [-0.25, -0.2) is 4.79 Å². The van der Waals surface area contributed by atoms with Crippen molar-refractivity contribution in [1.82, 2.24) is 9.80 Å². The van der Waals surface area contributed by atoms with Crippen molar-refractivity contribution in [3.8, 4) is 0 Å². The maximum Gasteiger partial charge on any atom is 0.337 e. The zero-order chi connectivity index (χ0) is 11.1. The highest BCUT2D eigenvalue weighted by Gasteiger charge is 2.05. The molecule has 6 heteroatoms. The first-order valence-electron chi connectivity index (χ1n) is 4.11. The monoisotopic (exact) mass is 240 g/mol. The third kappa shape index (κ3) is 5.94. The van der Waals surface area contributed by atoms with Crippen LogP contribution < -0.4 is 0 Å². The molecule has 1 heterocycles. The summed E-state index contributed by atoms with van der Waals surface area (Å²) in [6, 6.07) is 0. The molecule has 0 aromatic rings. The second kappa shape index (κ2) is 6.79. The fourth-order valence-corrected chi connectivity index (χ4v) is 0.794. The van der Waals surface area contributed by atoms with Crippen LogP contribution in [0.25, 0.3) is 0 Å². The van der Waals surface area contributed by atoms with Gasteiger partial charge >= 0.3 is 5.97 Å². The Labute approximate surface area is 93.7 Å². The molecule has 0 spiro atoms. The van der Waals surface area contributed by atoms with Crippen LogP contribution in [0.1, 0.15) is 6.92 Å². The van der Waals surface area contributed by atoms with Gasteiger partial charge in [-0.15, -0.1) is 0 Å². The van der Waals surface area contributed by atoms with Crippen LogP contribution in [-0.4, -0.2) is 46.0 Å². The number of alkyl halides is 2. The number of hydrogen-bond donors (Lipinski definition) is 1. The molecule has 0 aliphatic carbocycles. The van der Waals surface area contributed by atoms with E-state index in [0.717, 1.165) is 13.2 Å². The van der Waals surface area contributed by atoms with Crippen molar-refractivity contribution in [3.05, 3.63) is 12.4 Å². The number of carbonyl (C=O) groups is 1. The van der Waals surface area contributed by atoms with Crippen molar-refractivity contribution in [3.63, 3.8) is 0 Å². The number of nitrogens with zero attached hydrogens (tertiary/aromatic N) is 2. The summed E-state index contributed by atoms with van der Waals surface area (Å²) in [5.74, 6) is -1.21. The number of halogens is 2. The molecular formula is C8H14Cl2N2O2. The summed E-state index contributed by atoms with van der Waals surface area (Å²) in [5.41, 5.74) is 0. The molecule has 4 nitrogen and oxygen atoms in total. The summed E-state index contributed by atoms with van der Waals surface area (Å²) in [5, 5.41) is 7.73. The Morgan fingerprint density at radius 2 is 2.07 bits per heavy atom. The van der Waals surface area contributed by atoms with Crippen LogP contribution in [0.3, 0.4) is 0 Å². The highest BCUT2D eigenvalue weighted by atomic mass is 35.5. The molecule has 0 amide bonds. The van der Waals surface area contributed by atoms with Gasteiger partial charge in [0.15, 0.2) is 0 Å². The van der Waals surface area contributed by atoms with E-state index in [1.54, 1.807) is 0 Å². The van der Waals surface area contributed by atoms with Crippen molar-refractivity contribution in [2.45, 2.75) is 11.8 Å². The zero-order valence-corrected chi connectivity index (χ0v) is 9.66. The van der Waals surface area contributed by atoms with E-state index in [2.05, 4.69) is 36.2 Å². The highest BCUT2D eigenvalue weighted by molar-refractivity contribution is 6.52. The lowest BCUT2D eigenvalue weighted by atomic mass is 10.6. The van der Waals surface area contributed by atoms with Gasteiger partial charge < -0.3 is 14.9 Å². The van der Waals surface area contributed by atoms with Gasteiger partial charge in [0.25, 0.3) is 0 Å². The predicted molar refractivity (Wildman–Crippen MR) is 57.3 cm³/mol. The first-order valence-corrected chi connectivity index (χ1v) is 4.98. The van der Waals surface area contributed by atoms with Gasteiger partial charge in [0.05, 0.1) is 6.67 Å². The molecule has 1 aliphatic rings. The highest BCUT2D eigenvalue weighted by Crippen LogP contribution is 2.01. The van der Waals surface area contributed by atoms with Gasteiger partial charge in [0, 0.05) is 26.0 Å². The first kappa shape index (κ1) is 13.4. The van der Waals surface area contributed by atoms with Gasteiger partial charge in [-0.1, -0.05) is 23.2 Å². The maximum atomic E-state index is 9.44. The number of carboxylic acid groups (broad SMARTS) is 1. The Bertz CT molecular complexity index is 210. The van der Waals surface area contributed by atoms with Crippen LogP contribution in [0.5, 0.6) is 0 Å². The quantitative estimate of drug-likeness (QED) is 0.745. The van der Waals surface area contributed by atoms with Crippen molar-refractivity contribution in [1.29, 1.82) is 0 Å². The summed E-state index contributed by atoms with van der Waals surface area (Å²) in [6.45, 7) is 4.32. The summed E-state index contributed by atoms with van der Waals surface area (Å²) in [6.07, 6.45) is 4.20. The number of hydrogen-bond acceptors (Lipinski definition) is 3. The largest absolute Gasteiger partial charge is 0.479 e. The van der Waals surface area contributed by atoms with E-state index in [-0.39, 0.29) is 0 Å². The van der Waals surface area contributed by atoms with Gasteiger partial charge in [0.2, 0.25) is 4.84 Å². The zero-order valence-electron chi connectivity index (χ0n) is 8.15. The van der Waals surface area contributed by atoms with Crippen molar-refractivity contribution < 1.29 is 9.90 Å². The van der Waals surface area contributed by atoms with Gasteiger partial charge in [-0.05, 0) is 6.92 Å². The summed E-state index contributed by atoms with van der Waals surface area (Å²) >= 11 is 9.56. The Kier molecular flexibility index (Phi) is 6.49. The van der Waals surface area contributed by atoms with Crippen molar-refractivity contribution >= 4 is 29.2 Å². The minimum absolute atomic E-state index is 1.05. The standard InChI is InChI=1S/C6H12N2.C2H2Cl2O2/c1-3-8-5-4-7(2)6-8;3-1(4)2(5)6/h4-5H,3,6H2,1-2H3;1H,(H,5,6). The van der Waals surface area contributed by atoms with Crippen LogP contribution in [0.4, 0.5) is 0 Å². The molecule has 82 valence electrons. The molecule has 0 bridgehead atoms. The van der Waals surface area contributed by atoms with Crippen molar-refractivity contribution in [2.75, 3.05) is 20.3 Å². The van der Waals surface area contributed by atoms with Gasteiger partial charge in [0.1, 0.15) is 0 Å². The Hall–Kier alpha value is -0.610. The SMILES string of the molecule is CCN1C=CN(C)C1.O=C(O)C(Cl)Cl. The number of aliphatic carboxylic acids is 1. The van der Waals surface area contributed by atoms with Crippen LogP contribution in [0.15, 0.2) is 12.4 Å². The average Bonchev–Trinajstić information content (AvgIpc) is 2.52. The predicted octanol–water partition coefficient (Wildman–Crippen LogP) is 1.56. The molecule has 0 unspecified atom stereocenters. The average molecular weight is 241 g/mol. The summed E-state index contributed by atoms with van der Waals surface area (Å²) in [4.78, 5) is 12.6. The molecule has 0 saturated carbocycles. The fraction of sp³-hybridized carbons (Fsp3) is 0.625. The van der Waals surface area contributed by atoms with E-state index in [9.17, 15) is 4.79 Å². The van der Waals surface area contributed by atoms with E-state index >= 15 is 0 Å². The molecular weight excluding hydrogens is 227 g/mol. The third-order valence-corrected chi connectivity index (χ3v) is 1.90. The van der Waals surface area contributed by atoms with Gasteiger partial charge in [-0.3, -0.25) is 0 Å². The Morgan fingerprint density at radius 3 is 2.21 bits per heavy atom. The Morgan fingerprint density at radius 1 is 1.57 bits per heavy atom. The van der Waals surface area contributed by atoms with E-state index in [1.165, 1.54) is 0 Å². The second-order valence-electron chi connectivity index (χ2n) is 2.74. The number of rotatable bonds is 2. The molecule has 1 N–H and O–H groups in total. The smallest absolute Gasteiger partial charge is 0.337 e. The van der Waals surface area contributed by atoms with Crippen LogP contribution in [-0.2, 0) is 4.79 Å². The molecule has 1 aliphatic heterocycles. The molecule has 0 saturated heterocycles. The summed E-state index contributed by atoms with van der Waals surface area (Å²) < 4.78 is 0. The topological polar surface area (TPSA) is 43.8 Å². The lowest BCUT2D eigenvalue weighted by Crippen LogP contribution is -2.21. The normalized spacial score (nSPS) is 14.4. The minimum Gasteiger partial charge on any atom is -0.479 e. The van der Waals surface area contributed by atoms with E-state index < -0.39 is 10.8 Å². The van der Waals surface area contributed by atoms with Gasteiger partial charge in [-0.2, -0.15) is 0 Å². The molecule has 0 fully saturated rings. The molecule has 0 aromatic carbocycles. The minimum atomic E-state index is -1.29. The van der Waals surface area contributed by atoms with Crippen molar-refractivity contribution in [2.24, 2.45) is 0 Å². The van der Waals surface area contributed by atoms with E-state index in [1.807, 2.05) is 0 Å². The summed E-state index contributed by atoms with van der Waals surface area (Å²) in [7, 11) is 2.08. The van der Waals surface area contributed by atoms with Crippen LogP contribution >= 0.6 is 23.2 Å². The number of carboxylic acids is 1. The Balaban J connectivity index is 0.000000255. The molecule has 0 atom stereocenters. The lowest BCUT2D eigenvalue weighted by molar-refractivity contribution is -0.135. The lowest BCUT2D eigenvalue weighted by Gasteiger charge is -2.14. The second-order valence-corrected chi connectivity index (χ2v) is 3.84. The molecule has 1 rings (SSSR count). The first-order chi connectivity index (χ1) is 6.47. The fourth-order valence-electron chi connectivity index (χ4n) is 0.794. The molecule has 14 heavy (non-hydrogen) atoms. The van der Waals surface area contributed by atoms with Crippen LogP contribution in [0, 0.1) is 0 Å². The maximum absolute atomic E-state index is 9.44. The van der Waals surface area contributed by atoms with Crippen LogP contribution in [0.2, 0.25) is 0 Å². The molecule has 0 aromatic heterocycles. The van der Waals surface area contributed by atoms with E-state index in [0.29, 0.717) is 0 Å². The van der Waals surface area contributed by atoms with E-state index in [4.69, 9.17) is 28.3 Å². The third-order valence-electron chi connectivity index (χ3n) is 1.53. The molecule has 0 radical (unpaired) electrons.